The van der Waals surface area contributed by atoms with Crippen LogP contribution in [-0.4, -0.2) is 31.4 Å². The zero-order valence-electron chi connectivity index (χ0n) is 17.4. The number of hydrogen-bond donors (Lipinski definition) is 0. The quantitative estimate of drug-likeness (QED) is 0.426. The van der Waals surface area contributed by atoms with E-state index in [9.17, 15) is 4.79 Å². The summed E-state index contributed by atoms with van der Waals surface area (Å²) in [5, 5.41) is 9.35. The lowest BCUT2D eigenvalue weighted by Gasteiger charge is -2.29. The molecular formula is C22H25N5O2S. The van der Waals surface area contributed by atoms with Crippen molar-refractivity contribution in [3.05, 3.63) is 48.3 Å². The fourth-order valence-corrected chi connectivity index (χ4v) is 4.33. The van der Waals surface area contributed by atoms with Crippen molar-refractivity contribution in [2.75, 3.05) is 10.7 Å². The summed E-state index contributed by atoms with van der Waals surface area (Å²) in [5.74, 6) is 1.21. The summed E-state index contributed by atoms with van der Waals surface area (Å²) in [6.45, 7) is 3.72. The van der Waals surface area contributed by atoms with Crippen molar-refractivity contribution in [1.29, 1.82) is 0 Å². The molecule has 0 radical (unpaired) electrons. The fraction of sp³-hybridized carbons (Fsp3) is 0.364. The summed E-state index contributed by atoms with van der Waals surface area (Å²) in [5.41, 5.74) is 2.91. The number of nitrogens with zero attached hydrogens (tertiary/aromatic N) is 5. The maximum atomic E-state index is 12.7. The third-order valence-electron chi connectivity index (χ3n) is 5.07. The van der Waals surface area contributed by atoms with Gasteiger partial charge in [-0.1, -0.05) is 49.7 Å². The van der Waals surface area contributed by atoms with Gasteiger partial charge in [0, 0.05) is 31.5 Å². The number of fused-ring (bicyclic) bond motifs is 3. The van der Waals surface area contributed by atoms with Gasteiger partial charge in [-0.05, 0) is 24.6 Å². The topological polar surface area (TPSA) is 73.1 Å². The number of aryl methyl sites for hydroxylation is 1. The average molecular weight is 424 g/mol. The van der Waals surface area contributed by atoms with Crippen LogP contribution in [0.2, 0.25) is 0 Å². The highest BCUT2D eigenvalue weighted by Gasteiger charge is 2.35. The van der Waals surface area contributed by atoms with Gasteiger partial charge in [-0.15, -0.1) is 10.2 Å². The second-order valence-corrected chi connectivity index (χ2v) is 8.29. The number of ether oxygens (including phenoxy) is 1. The first-order valence-corrected chi connectivity index (χ1v) is 11.1. The number of benzene rings is 1. The number of hydrogen-bond acceptors (Lipinski definition) is 6. The molecule has 0 aliphatic carbocycles. The largest absolute Gasteiger partial charge is 0.445 e. The molecule has 0 spiro atoms. The van der Waals surface area contributed by atoms with Crippen LogP contribution in [0.15, 0.2) is 47.8 Å². The molecule has 1 aliphatic rings. The maximum Gasteiger partial charge on any atom is 0.247 e. The Labute approximate surface area is 180 Å². The highest BCUT2D eigenvalue weighted by atomic mass is 32.2. The van der Waals surface area contributed by atoms with Crippen LogP contribution in [0.5, 0.6) is 5.88 Å². The molecule has 7 nitrogen and oxygen atoms in total. The highest BCUT2D eigenvalue weighted by molar-refractivity contribution is 7.99. The third kappa shape index (κ3) is 3.92. The fourth-order valence-electron chi connectivity index (χ4n) is 3.55. The Bertz CT molecular complexity index is 1050. The first kappa shape index (κ1) is 20.4. The van der Waals surface area contributed by atoms with Crippen LogP contribution in [0.25, 0.3) is 11.3 Å². The van der Waals surface area contributed by atoms with E-state index < -0.39 is 6.23 Å². The molecule has 1 amide bonds. The van der Waals surface area contributed by atoms with Gasteiger partial charge in [0.25, 0.3) is 0 Å². The molecular weight excluding hydrogens is 398 g/mol. The van der Waals surface area contributed by atoms with Gasteiger partial charge in [-0.25, -0.2) is 0 Å². The Morgan fingerprint density at radius 2 is 2.00 bits per heavy atom. The molecule has 156 valence electrons. The summed E-state index contributed by atoms with van der Waals surface area (Å²) in [4.78, 5) is 19.1. The molecule has 30 heavy (non-hydrogen) atoms. The molecule has 0 bridgehead atoms. The first-order chi connectivity index (χ1) is 14.6. The molecule has 0 unspecified atom stereocenters. The summed E-state index contributed by atoms with van der Waals surface area (Å²) in [6.07, 6.45) is 4.73. The van der Waals surface area contributed by atoms with E-state index in [0.29, 0.717) is 16.7 Å². The lowest BCUT2D eigenvalue weighted by atomic mass is 10.1. The molecule has 0 saturated carbocycles. The molecule has 1 aromatic carbocycles. The predicted molar refractivity (Wildman–Crippen MR) is 117 cm³/mol. The molecule has 8 heteroatoms. The number of thioether (sulfide) groups is 1. The highest BCUT2D eigenvalue weighted by Crippen LogP contribution is 2.43. The van der Waals surface area contributed by atoms with E-state index in [0.717, 1.165) is 29.1 Å². The number of aromatic nitrogens is 4. The number of carbonyl (C=O) groups excluding carboxylic acids is 1. The van der Waals surface area contributed by atoms with E-state index in [1.54, 1.807) is 23.6 Å². The second-order valence-electron chi connectivity index (χ2n) is 7.22. The lowest BCUT2D eigenvalue weighted by molar-refractivity contribution is -0.118. The number of rotatable bonds is 6. The van der Waals surface area contributed by atoms with Crippen LogP contribution in [0.3, 0.4) is 0 Å². The smallest absolute Gasteiger partial charge is 0.247 e. The van der Waals surface area contributed by atoms with Gasteiger partial charge in [0.05, 0.1) is 11.4 Å². The maximum absolute atomic E-state index is 12.7. The molecule has 0 fully saturated rings. The Hall–Kier alpha value is -2.87. The number of amides is 1. The molecule has 1 atom stereocenters. The Balaban J connectivity index is 1.80. The lowest BCUT2D eigenvalue weighted by Crippen LogP contribution is -2.37. The first-order valence-electron chi connectivity index (χ1n) is 10.1. The average Bonchev–Trinajstić information content (AvgIpc) is 3.10. The van der Waals surface area contributed by atoms with Gasteiger partial charge in [0.15, 0.2) is 5.69 Å². The predicted octanol–water partition coefficient (Wildman–Crippen LogP) is 4.60. The van der Waals surface area contributed by atoms with Crippen molar-refractivity contribution < 1.29 is 9.53 Å². The van der Waals surface area contributed by atoms with Crippen LogP contribution in [-0.2, 0) is 11.8 Å². The number of unbranched alkanes of at least 4 members (excludes halogenated alkanes) is 2. The van der Waals surface area contributed by atoms with E-state index in [-0.39, 0.29) is 5.91 Å². The number of carbonyl (C=O) groups is 1. The van der Waals surface area contributed by atoms with Crippen molar-refractivity contribution in [2.24, 2.45) is 7.05 Å². The summed E-state index contributed by atoms with van der Waals surface area (Å²) < 4.78 is 8.31. The zero-order valence-corrected chi connectivity index (χ0v) is 18.2. The molecule has 0 N–H and O–H groups in total. The van der Waals surface area contributed by atoms with E-state index in [1.807, 2.05) is 54.2 Å². The summed E-state index contributed by atoms with van der Waals surface area (Å²) in [6, 6.07) is 11.5. The SMILES string of the molecule is CCCCCSc1nnc2c(n1)O[C@@H](c1cccn1C)N(C(C)=O)c1ccccc1-2. The van der Waals surface area contributed by atoms with Crippen LogP contribution in [0.4, 0.5) is 5.69 Å². The van der Waals surface area contributed by atoms with Crippen molar-refractivity contribution in [2.45, 2.75) is 44.5 Å². The van der Waals surface area contributed by atoms with Gasteiger partial charge in [0.1, 0.15) is 0 Å². The van der Waals surface area contributed by atoms with Gasteiger partial charge in [-0.2, -0.15) is 4.98 Å². The normalized spacial score (nSPS) is 15.2. The standard InChI is InChI=1S/C22H25N5O2S/c1-4-5-8-14-30-22-23-20-19(24-25-22)16-10-6-7-11-17(16)27(15(2)28)21(29-20)18-12-9-13-26(18)3/h6-7,9-13,21H,4-5,8,14H2,1-3H3/t21-/m0/s1. The van der Waals surface area contributed by atoms with Crippen LogP contribution < -0.4 is 9.64 Å². The van der Waals surface area contributed by atoms with Gasteiger partial charge >= 0.3 is 0 Å². The van der Waals surface area contributed by atoms with Crippen LogP contribution in [0.1, 0.15) is 45.0 Å². The van der Waals surface area contributed by atoms with Crippen molar-refractivity contribution >= 4 is 23.4 Å². The van der Waals surface area contributed by atoms with Crippen LogP contribution >= 0.6 is 11.8 Å². The third-order valence-corrected chi connectivity index (χ3v) is 5.99. The van der Waals surface area contributed by atoms with Crippen molar-refractivity contribution in [3.63, 3.8) is 0 Å². The van der Waals surface area contributed by atoms with Gasteiger partial charge < -0.3 is 9.30 Å². The van der Waals surface area contributed by atoms with E-state index in [2.05, 4.69) is 22.1 Å². The van der Waals surface area contributed by atoms with Gasteiger partial charge in [-0.3, -0.25) is 9.69 Å². The minimum atomic E-state index is -0.653. The molecule has 4 rings (SSSR count). The van der Waals surface area contributed by atoms with E-state index in [1.165, 1.54) is 12.8 Å². The monoisotopic (exact) mass is 423 g/mol. The Morgan fingerprint density at radius 3 is 2.73 bits per heavy atom. The Morgan fingerprint density at radius 1 is 1.17 bits per heavy atom. The second kappa shape index (κ2) is 8.87. The summed E-state index contributed by atoms with van der Waals surface area (Å²) >= 11 is 1.58. The minimum Gasteiger partial charge on any atom is -0.445 e. The number of anilines is 1. The molecule has 3 heterocycles. The zero-order chi connectivity index (χ0) is 21.1. The Kier molecular flexibility index (Phi) is 6.03. The molecule has 0 saturated heterocycles. The summed E-state index contributed by atoms with van der Waals surface area (Å²) in [7, 11) is 1.93. The van der Waals surface area contributed by atoms with E-state index >= 15 is 0 Å². The van der Waals surface area contributed by atoms with Crippen molar-refractivity contribution in [3.8, 4) is 17.1 Å². The van der Waals surface area contributed by atoms with Crippen molar-refractivity contribution in [1.82, 2.24) is 19.7 Å². The van der Waals surface area contributed by atoms with Gasteiger partial charge in [0.2, 0.25) is 23.2 Å². The van der Waals surface area contributed by atoms with Crippen LogP contribution in [0, 0.1) is 0 Å². The number of para-hydroxylation sites is 1. The molecule has 2 aromatic heterocycles. The molecule has 1 aliphatic heterocycles. The van der Waals surface area contributed by atoms with E-state index in [4.69, 9.17) is 4.74 Å². The molecule has 3 aromatic rings. The minimum absolute atomic E-state index is 0.122.